The van der Waals surface area contributed by atoms with E-state index in [0.29, 0.717) is 22.8 Å². The number of fused-ring (bicyclic) bond motifs is 2. The molecule has 0 atom stereocenters. The Morgan fingerprint density at radius 2 is 1.85 bits per heavy atom. The standard InChI is InChI=1S/C30H30FN5O4/c1-38-23-3-5-25-26(19-23)32-10-8-28(25)40-17-14-36-30(37)7-6-29(33-36)35-20-21(9-11-34-12-15-39-16-13-34)24-4-2-22(31)18-27(24)35/h2-8,10,18-20H,9,11-17H2,1H3. The summed E-state index contributed by atoms with van der Waals surface area (Å²) in [4.78, 5) is 19.4. The molecule has 9 nitrogen and oxygen atoms in total. The summed E-state index contributed by atoms with van der Waals surface area (Å²) < 4.78 is 34.3. The fourth-order valence-electron chi connectivity index (χ4n) is 5.09. The molecule has 0 bridgehead atoms. The topological polar surface area (TPSA) is 83.6 Å². The first-order chi connectivity index (χ1) is 19.6. The zero-order valence-corrected chi connectivity index (χ0v) is 22.3. The Balaban J connectivity index is 1.23. The quantitative estimate of drug-likeness (QED) is 0.279. The van der Waals surface area contributed by atoms with Gasteiger partial charge in [-0.05, 0) is 54.4 Å². The number of halogens is 1. The fourth-order valence-corrected chi connectivity index (χ4v) is 5.09. The molecular formula is C30H30FN5O4. The van der Waals surface area contributed by atoms with Gasteiger partial charge in [0.15, 0.2) is 5.82 Å². The summed E-state index contributed by atoms with van der Waals surface area (Å²) in [6.07, 6.45) is 4.49. The van der Waals surface area contributed by atoms with Crippen molar-refractivity contribution in [3.63, 3.8) is 0 Å². The molecule has 206 valence electrons. The molecular weight excluding hydrogens is 513 g/mol. The second kappa shape index (κ2) is 11.4. The number of hydrogen-bond acceptors (Lipinski definition) is 7. The van der Waals surface area contributed by atoms with Gasteiger partial charge in [0.1, 0.15) is 23.9 Å². The highest BCUT2D eigenvalue weighted by Gasteiger charge is 2.16. The van der Waals surface area contributed by atoms with E-state index in [9.17, 15) is 9.18 Å². The van der Waals surface area contributed by atoms with Crippen LogP contribution >= 0.6 is 0 Å². The predicted molar refractivity (Wildman–Crippen MR) is 150 cm³/mol. The summed E-state index contributed by atoms with van der Waals surface area (Å²) in [7, 11) is 1.61. The lowest BCUT2D eigenvalue weighted by Crippen LogP contribution is -2.37. The number of rotatable bonds is 9. The summed E-state index contributed by atoms with van der Waals surface area (Å²) in [5.74, 6) is 1.59. The van der Waals surface area contributed by atoms with Gasteiger partial charge >= 0.3 is 0 Å². The lowest BCUT2D eigenvalue weighted by Gasteiger charge is -2.26. The third kappa shape index (κ3) is 5.41. The molecule has 3 aromatic heterocycles. The molecule has 0 N–H and O–H groups in total. The Morgan fingerprint density at radius 3 is 2.70 bits per heavy atom. The minimum absolute atomic E-state index is 0.230. The van der Waals surface area contributed by atoms with Crippen LogP contribution in [-0.4, -0.2) is 70.8 Å². The van der Waals surface area contributed by atoms with E-state index in [0.717, 1.165) is 61.1 Å². The van der Waals surface area contributed by atoms with Crippen LogP contribution in [0.4, 0.5) is 4.39 Å². The van der Waals surface area contributed by atoms with Crippen molar-refractivity contribution in [1.82, 2.24) is 24.2 Å². The highest BCUT2D eigenvalue weighted by Crippen LogP contribution is 2.28. The van der Waals surface area contributed by atoms with Gasteiger partial charge in [-0.2, -0.15) is 5.10 Å². The minimum atomic E-state index is -0.324. The number of aromatic nitrogens is 4. The second-order valence-corrected chi connectivity index (χ2v) is 9.68. The van der Waals surface area contributed by atoms with Gasteiger partial charge in [-0.15, -0.1) is 0 Å². The van der Waals surface area contributed by atoms with Crippen molar-refractivity contribution in [1.29, 1.82) is 0 Å². The van der Waals surface area contributed by atoms with Crippen molar-refractivity contribution in [2.45, 2.75) is 13.0 Å². The van der Waals surface area contributed by atoms with Crippen LogP contribution < -0.4 is 15.0 Å². The molecule has 1 aliphatic rings. The maximum atomic E-state index is 14.3. The zero-order chi connectivity index (χ0) is 27.5. The summed E-state index contributed by atoms with van der Waals surface area (Å²) >= 11 is 0. The maximum absolute atomic E-state index is 14.3. The molecule has 40 heavy (non-hydrogen) atoms. The third-order valence-electron chi connectivity index (χ3n) is 7.22. The van der Waals surface area contributed by atoms with E-state index >= 15 is 0 Å². The Hall–Kier alpha value is -4.28. The van der Waals surface area contributed by atoms with E-state index in [1.807, 2.05) is 35.0 Å². The number of nitrogens with zero attached hydrogens (tertiary/aromatic N) is 5. The highest BCUT2D eigenvalue weighted by molar-refractivity contribution is 5.86. The second-order valence-electron chi connectivity index (χ2n) is 9.68. The first-order valence-corrected chi connectivity index (χ1v) is 13.3. The van der Waals surface area contributed by atoms with E-state index in [1.54, 1.807) is 25.4 Å². The Morgan fingerprint density at radius 1 is 1.00 bits per heavy atom. The molecule has 0 radical (unpaired) electrons. The van der Waals surface area contributed by atoms with Gasteiger partial charge < -0.3 is 14.2 Å². The van der Waals surface area contributed by atoms with Gasteiger partial charge in [-0.3, -0.25) is 19.2 Å². The molecule has 1 aliphatic heterocycles. The van der Waals surface area contributed by atoms with E-state index in [-0.39, 0.29) is 24.5 Å². The number of hydrogen-bond donors (Lipinski definition) is 0. The summed E-state index contributed by atoms with van der Waals surface area (Å²) in [6, 6.07) is 15.3. The van der Waals surface area contributed by atoms with Crippen LogP contribution in [0.2, 0.25) is 0 Å². The first kappa shape index (κ1) is 26.0. The monoisotopic (exact) mass is 543 g/mol. The van der Waals surface area contributed by atoms with Crippen molar-refractivity contribution in [3.8, 4) is 17.3 Å². The molecule has 6 rings (SSSR count). The summed E-state index contributed by atoms with van der Waals surface area (Å²) in [5.41, 5.74) is 2.33. The maximum Gasteiger partial charge on any atom is 0.266 e. The first-order valence-electron chi connectivity index (χ1n) is 13.3. The van der Waals surface area contributed by atoms with Crippen LogP contribution in [-0.2, 0) is 17.7 Å². The molecule has 10 heteroatoms. The van der Waals surface area contributed by atoms with Gasteiger partial charge in [0.05, 0.1) is 37.9 Å². The van der Waals surface area contributed by atoms with Gasteiger partial charge in [-0.1, -0.05) is 0 Å². The van der Waals surface area contributed by atoms with Gasteiger partial charge in [0, 0.05) is 54.9 Å². The van der Waals surface area contributed by atoms with Crippen LogP contribution in [0.5, 0.6) is 11.5 Å². The van der Waals surface area contributed by atoms with Crippen molar-refractivity contribution < 1.29 is 18.6 Å². The highest BCUT2D eigenvalue weighted by atomic mass is 19.1. The molecule has 0 amide bonds. The van der Waals surface area contributed by atoms with Crippen LogP contribution in [0.25, 0.3) is 27.6 Å². The van der Waals surface area contributed by atoms with Crippen molar-refractivity contribution >= 4 is 21.8 Å². The summed E-state index contributed by atoms with van der Waals surface area (Å²) in [5, 5.41) is 6.43. The molecule has 4 heterocycles. The molecule has 0 aliphatic carbocycles. The number of ether oxygens (including phenoxy) is 3. The predicted octanol–water partition coefficient (Wildman–Crippen LogP) is 3.84. The molecule has 0 spiro atoms. The van der Waals surface area contributed by atoms with Crippen LogP contribution in [0, 0.1) is 5.82 Å². The fraction of sp³-hybridized carbons (Fsp3) is 0.300. The summed E-state index contributed by atoms with van der Waals surface area (Å²) in [6.45, 7) is 4.66. The molecule has 2 aromatic carbocycles. The third-order valence-corrected chi connectivity index (χ3v) is 7.22. The molecule has 1 fully saturated rings. The molecule has 0 saturated carbocycles. The van der Waals surface area contributed by atoms with E-state index in [2.05, 4.69) is 15.0 Å². The Labute approximate surface area is 230 Å². The number of benzene rings is 2. The van der Waals surface area contributed by atoms with Crippen LogP contribution in [0.3, 0.4) is 0 Å². The van der Waals surface area contributed by atoms with Gasteiger partial charge in [0.2, 0.25) is 0 Å². The van der Waals surface area contributed by atoms with Crippen LogP contribution in [0.15, 0.2) is 71.8 Å². The van der Waals surface area contributed by atoms with Crippen molar-refractivity contribution in [3.05, 3.63) is 88.7 Å². The van der Waals surface area contributed by atoms with E-state index < -0.39 is 0 Å². The molecule has 5 aromatic rings. The number of pyridine rings is 1. The zero-order valence-electron chi connectivity index (χ0n) is 22.3. The Kier molecular flexibility index (Phi) is 7.43. The lowest BCUT2D eigenvalue weighted by molar-refractivity contribution is 0.0385. The average molecular weight is 544 g/mol. The lowest BCUT2D eigenvalue weighted by atomic mass is 10.1. The van der Waals surface area contributed by atoms with E-state index in [4.69, 9.17) is 14.2 Å². The smallest absolute Gasteiger partial charge is 0.266 e. The molecule has 1 saturated heterocycles. The van der Waals surface area contributed by atoms with Crippen LogP contribution in [0.1, 0.15) is 5.56 Å². The van der Waals surface area contributed by atoms with Crippen molar-refractivity contribution in [2.24, 2.45) is 0 Å². The average Bonchev–Trinajstić information content (AvgIpc) is 3.34. The molecule has 0 unspecified atom stereocenters. The van der Waals surface area contributed by atoms with Crippen molar-refractivity contribution in [2.75, 3.05) is 46.6 Å². The number of morpholine rings is 1. The number of methoxy groups -OCH3 is 1. The SMILES string of the molecule is COc1ccc2c(OCCn3nc(-n4cc(CCN5CCOCC5)c5ccc(F)cc54)ccc3=O)ccnc2c1. The van der Waals surface area contributed by atoms with E-state index in [1.165, 1.54) is 22.9 Å². The normalized spacial score (nSPS) is 14.2. The largest absolute Gasteiger partial charge is 0.497 e. The van der Waals surface area contributed by atoms with Gasteiger partial charge in [0.25, 0.3) is 5.56 Å². The Bertz CT molecular complexity index is 1710. The van der Waals surface area contributed by atoms with Gasteiger partial charge in [-0.25, -0.2) is 9.07 Å². The minimum Gasteiger partial charge on any atom is -0.497 e.